The lowest BCUT2D eigenvalue weighted by atomic mass is 10.1. The molecular formula is C30H28N4OS2. The summed E-state index contributed by atoms with van der Waals surface area (Å²) in [6, 6.07) is 24.4. The Labute approximate surface area is 225 Å². The summed E-state index contributed by atoms with van der Waals surface area (Å²) in [6.45, 7) is 2.02. The number of pyridine rings is 1. The van der Waals surface area contributed by atoms with Crippen LogP contribution in [0.3, 0.4) is 0 Å². The number of aromatic nitrogens is 3. The number of para-hydroxylation sites is 1. The van der Waals surface area contributed by atoms with E-state index in [4.69, 9.17) is 9.97 Å². The number of anilines is 1. The van der Waals surface area contributed by atoms with Crippen molar-refractivity contribution in [2.45, 2.75) is 43.1 Å². The highest BCUT2D eigenvalue weighted by atomic mass is 32.2. The Hall–Kier alpha value is -3.42. The Balaban J connectivity index is 1.24. The molecule has 3 aromatic rings. The van der Waals surface area contributed by atoms with Crippen LogP contribution in [0.5, 0.6) is 0 Å². The predicted octanol–water partition coefficient (Wildman–Crippen LogP) is 7.69. The van der Waals surface area contributed by atoms with Crippen LogP contribution in [0, 0.1) is 12.8 Å². The van der Waals surface area contributed by atoms with Crippen LogP contribution in [0.2, 0.25) is 0 Å². The normalized spacial score (nSPS) is 14.1. The molecule has 1 fully saturated rings. The first kappa shape index (κ1) is 23.9. The highest BCUT2D eigenvalue weighted by Gasteiger charge is 2.32. The number of amides is 1. The van der Waals surface area contributed by atoms with Gasteiger partial charge in [-0.15, -0.1) is 11.3 Å². The summed E-state index contributed by atoms with van der Waals surface area (Å²) < 4.78 is 2.02. The maximum absolute atomic E-state index is 13.5. The van der Waals surface area contributed by atoms with Crippen molar-refractivity contribution < 1.29 is 4.79 Å². The zero-order valence-corrected chi connectivity index (χ0v) is 22.3. The summed E-state index contributed by atoms with van der Waals surface area (Å²) in [5.41, 5.74) is 5.21. The summed E-state index contributed by atoms with van der Waals surface area (Å²) >= 11 is 3.38. The Bertz CT molecular complexity index is 1490. The fourth-order valence-corrected chi connectivity index (χ4v) is 6.10. The molecule has 2 aromatic carbocycles. The van der Waals surface area contributed by atoms with Crippen LogP contribution in [0.1, 0.15) is 36.4 Å². The molecule has 1 unspecified atom stereocenters. The standard InChI is InChI=1S/C30H28N4OS2/c1-20-7-2-3-10-24(20)31-29(35)26(18-21-13-14-21)34-15-5-11-25-28(34)33-30(32-25)37-19-22-8-4-9-23(17-22)27-12-6-16-36-27/h2-12,15-17,21,26H,13-14,18-19H2,1H3,(H,31,35). The quantitative estimate of drug-likeness (QED) is 0.201. The zero-order chi connectivity index (χ0) is 25.2. The van der Waals surface area contributed by atoms with Gasteiger partial charge in [0.25, 0.3) is 0 Å². The lowest BCUT2D eigenvalue weighted by Gasteiger charge is -2.22. The van der Waals surface area contributed by atoms with E-state index in [1.807, 2.05) is 54.1 Å². The number of thiophene rings is 1. The van der Waals surface area contributed by atoms with Gasteiger partial charge in [0, 0.05) is 22.5 Å². The van der Waals surface area contributed by atoms with E-state index in [1.54, 1.807) is 23.1 Å². The number of thioether (sulfide) groups is 1. The Morgan fingerprint density at radius 3 is 2.78 bits per heavy atom. The number of rotatable bonds is 9. The smallest absolute Gasteiger partial charge is 0.247 e. The van der Waals surface area contributed by atoms with Crippen molar-refractivity contribution >= 4 is 34.7 Å². The molecule has 1 aromatic heterocycles. The first-order valence-electron chi connectivity index (χ1n) is 12.6. The fraction of sp³-hybridized carbons (Fsp3) is 0.233. The number of benzene rings is 2. The van der Waals surface area contributed by atoms with Gasteiger partial charge >= 0.3 is 0 Å². The van der Waals surface area contributed by atoms with E-state index < -0.39 is 0 Å². The number of imidazole rings is 1. The number of nitrogens with one attached hydrogen (secondary N) is 1. The SMILES string of the molecule is Cc1ccccc1NC(=O)C(CC1CC1)n1cccc2nc(SCc3cccc(-c4cccs4)c3)nc1-2. The number of aryl methyl sites for hydroxylation is 1. The molecule has 0 saturated heterocycles. The molecular weight excluding hydrogens is 496 g/mol. The van der Waals surface area contributed by atoms with Crippen molar-refractivity contribution in [1.82, 2.24) is 14.5 Å². The second kappa shape index (κ2) is 10.5. The maximum atomic E-state index is 13.5. The molecule has 1 aliphatic carbocycles. The van der Waals surface area contributed by atoms with Crippen LogP contribution < -0.4 is 5.32 Å². The van der Waals surface area contributed by atoms with Gasteiger partial charge in [-0.3, -0.25) is 4.79 Å². The van der Waals surface area contributed by atoms with Gasteiger partial charge in [-0.25, -0.2) is 9.97 Å². The van der Waals surface area contributed by atoms with Crippen LogP contribution in [0.15, 0.2) is 89.5 Å². The Morgan fingerprint density at radius 1 is 1.08 bits per heavy atom. The van der Waals surface area contributed by atoms with Gasteiger partial charge in [0.05, 0.1) is 0 Å². The van der Waals surface area contributed by atoms with E-state index in [2.05, 4.69) is 47.1 Å². The molecule has 0 bridgehead atoms. The van der Waals surface area contributed by atoms with Crippen LogP contribution in [-0.4, -0.2) is 20.4 Å². The van der Waals surface area contributed by atoms with Crippen LogP contribution in [0.4, 0.5) is 5.69 Å². The van der Waals surface area contributed by atoms with Gasteiger partial charge in [-0.1, -0.05) is 67.1 Å². The Kier molecular flexibility index (Phi) is 6.81. The number of hydrogen-bond acceptors (Lipinski definition) is 5. The first-order valence-corrected chi connectivity index (χ1v) is 14.5. The maximum Gasteiger partial charge on any atom is 0.247 e. The van der Waals surface area contributed by atoms with E-state index in [0.29, 0.717) is 5.92 Å². The number of fused-ring (bicyclic) bond motifs is 1. The van der Waals surface area contributed by atoms with Crippen molar-refractivity contribution in [3.63, 3.8) is 0 Å². The number of hydrogen-bond donors (Lipinski definition) is 1. The van der Waals surface area contributed by atoms with Gasteiger partial charge in [0.15, 0.2) is 11.0 Å². The Morgan fingerprint density at radius 2 is 1.97 bits per heavy atom. The summed E-state index contributed by atoms with van der Waals surface area (Å²) in [6.07, 6.45) is 5.15. The molecule has 1 atom stereocenters. The lowest BCUT2D eigenvalue weighted by Crippen LogP contribution is -2.28. The number of nitrogens with zero attached hydrogens (tertiary/aromatic N) is 3. The van der Waals surface area contributed by atoms with Crippen LogP contribution >= 0.6 is 23.1 Å². The average molecular weight is 525 g/mol. The molecule has 1 N–H and O–H groups in total. The monoisotopic (exact) mass is 524 g/mol. The van der Waals surface area contributed by atoms with Gasteiger partial charge in [0.2, 0.25) is 5.91 Å². The number of carbonyl (C=O) groups is 1. The van der Waals surface area contributed by atoms with Gasteiger partial charge in [0.1, 0.15) is 11.7 Å². The number of carbonyl (C=O) groups excluding carboxylic acids is 1. The highest BCUT2D eigenvalue weighted by molar-refractivity contribution is 7.98. The third kappa shape index (κ3) is 5.48. The third-order valence-corrected chi connectivity index (χ3v) is 8.62. The minimum atomic E-state index is -0.326. The average Bonchev–Trinajstić information content (AvgIpc) is 3.37. The molecule has 37 heavy (non-hydrogen) atoms. The molecule has 0 radical (unpaired) electrons. The van der Waals surface area contributed by atoms with Gasteiger partial charge in [-0.2, -0.15) is 0 Å². The molecule has 1 saturated carbocycles. The topological polar surface area (TPSA) is 59.8 Å². The van der Waals surface area contributed by atoms with Crippen molar-refractivity contribution in [3.8, 4) is 22.0 Å². The summed E-state index contributed by atoms with van der Waals surface area (Å²) in [7, 11) is 0. The van der Waals surface area contributed by atoms with Crippen molar-refractivity contribution in [1.29, 1.82) is 0 Å². The predicted molar refractivity (Wildman–Crippen MR) is 152 cm³/mol. The molecule has 186 valence electrons. The molecule has 0 spiro atoms. The van der Waals surface area contributed by atoms with E-state index >= 15 is 0 Å². The summed E-state index contributed by atoms with van der Waals surface area (Å²) in [5, 5.41) is 6.01. The molecule has 3 heterocycles. The van der Waals surface area contributed by atoms with E-state index in [0.717, 1.165) is 40.1 Å². The van der Waals surface area contributed by atoms with Crippen molar-refractivity contribution in [2.75, 3.05) is 5.32 Å². The van der Waals surface area contributed by atoms with Crippen molar-refractivity contribution in [2.24, 2.45) is 5.92 Å². The third-order valence-electron chi connectivity index (χ3n) is 6.79. The highest BCUT2D eigenvalue weighted by Crippen LogP contribution is 2.39. The molecule has 1 amide bonds. The second-order valence-electron chi connectivity index (χ2n) is 9.60. The van der Waals surface area contributed by atoms with E-state index in [-0.39, 0.29) is 11.9 Å². The molecule has 5 nitrogen and oxygen atoms in total. The van der Waals surface area contributed by atoms with Crippen LogP contribution in [-0.2, 0) is 10.5 Å². The van der Waals surface area contributed by atoms with Gasteiger partial charge < -0.3 is 9.88 Å². The molecule has 7 heteroatoms. The van der Waals surface area contributed by atoms with E-state index in [1.165, 1.54) is 28.8 Å². The molecule has 6 rings (SSSR count). The van der Waals surface area contributed by atoms with Crippen molar-refractivity contribution in [3.05, 3.63) is 95.5 Å². The lowest BCUT2D eigenvalue weighted by molar-refractivity contribution is -0.119. The minimum Gasteiger partial charge on any atom is -0.324 e. The minimum absolute atomic E-state index is 0.00120. The molecule has 2 aliphatic heterocycles. The summed E-state index contributed by atoms with van der Waals surface area (Å²) in [4.78, 5) is 24.5. The van der Waals surface area contributed by atoms with Gasteiger partial charge in [-0.05, 0) is 71.7 Å². The van der Waals surface area contributed by atoms with Crippen LogP contribution in [0.25, 0.3) is 22.0 Å². The first-order chi connectivity index (χ1) is 18.1. The van der Waals surface area contributed by atoms with E-state index in [9.17, 15) is 4.79 Å². The summed E-state index contributed by atoms with van der Waals surface area (Å²) in [5.74, 6) is 2.14. The second-order valence-corrected chi connectivity index (χ2v) is 11.5. The molecule has 3 aliphatic rings. The largest absolute Gasteiger partial charge is 0.324 e. The fourth-order valence-electron chi connectivity index (χ4n) is 4.59. The zero-order valence-electron chi connectivity index (χ0n) is 20.6.